The van der Waals surface area contributed by atoms with Crippen molar-refractivity contribution in [1.29, 1.82) is 0 Å². The van der Waals surface area contributed by atoms with Gasteiger partial charge in [0.2, 0.25) is 45.6 Å². The van der Waals surface area contributed by atoms with Crippen LogP contribution in [-0.4, -0.2) is 51.5 Å². The van der Waals surface area contributed by atoms with Gasteiger partial charge in [0.15, 0.2) is 0 Å². The van der Waals surface area contributed by atoms with Crippen LogP contribution in [0.2, 0.25) is 0 Å². The Hall–Kier alpha value is -17.2. The van der Waals surface area contributed by atoms with Crippen LogP contribution in [0.4, 0.5) is 0 Å². The second-order valence-corrected chi connectivity index (χ2v) is 39.8. The molecule has 8 aromatic carbocycles. The predicted octanol–water partition coefficient (Wildman–Crippen LogP) is 16.6. The second-order valence-electron chi connectivity index (χ2n) is 39.8. The van der Waals surface area contributed by atoms with Gasteiger partial charge in [0.1, 0.15) is 5.69 Å². The van der Waals surface area contributed by atoms with E-state index in [1.165, 1.54) is 183 Å². The first-order valence-corrected chi connectivity index (χ1v) is 45.9. The lowest BCUT2D eigenvalue weighted by Gasteiger charge is -2.39. The van der Waals surface area contributed by atoms with Crippen LogP contribution in [0.3, 0.4) is 0 Å². The van der Waals surface area contributed by atoms with Gasteiger partial charge in [0.05, 0.1) is 126 Å². The number of benzene rings is 8. The molecule has 41 rings (SSSR count). The minimum atomic E-state index is -1.43. The number of fused-ring (bicyclic) bond motifs is 27. The molecule has 18 aromatic heterocycles. The van der Waals surface area contributed by atoms with Gasteiger partial charge >= 0.3 is 23.6 Å². The summed E-state index contributed by atoms with van der Waals surface area (Å²) in [6, 6.07) is 101. The van der Waals surface area contributed by atoms with Gasteiger partial charge in [-0.05, 0) is 109 Å². The molecule has 131 heavy (non-hydrogen) atoms. The van der Waals surface area contributed by atoms with Crippen LogP contribution < -0.4 is 37.7 Å². The largest absolute Gasteiger partial charge is 0.553 e. The highest BCUT2D eigenvalue weighted by atomic mass is 15.7. The van der Waals surface area contributed by atoms with E-state index in [0.717, 1.165) is 159 Å². The van der Waals surface area contributed by atoms with Crippen molar-refractivity contribution >= 4 is 141 Å². The van der Waals surface area contributed by atoms with E-state index in [0.29, 0.717) is 6.42 Å². The van der Waals surface area contributed by atoms with Crippen molar-refractivity contribution in [3.05, 3.63) is 325 Å². The van der Waals surface area contributed by atoms with Crippen LogP contribution in [0.1, 0.15) is 45.6 Å². The summed E-state index contributed by atoms with van der Waals surface area (Å²) in [5.41, 5.74) is 56.0. The third-order valence-electron chi connectivity index (χ3n) is 34.7. The highest BCUT2D eigenvalue weighted by Crippen LogP contribution is 2.62. The lowest BCUT2D eigenvalue weighted by atomic mass is 9.92. The molecule has 15 aliphatic heterocycles. The fourth-order valence-corrected chi connectivity index (χ4v) is 31.0. The molecule has 3 spiro atoms. The molecule has 0 aliphatic carbocycles. The zero-order valence-electron chi connectivity index (χ0n) is 69.0. The minimum Gasteiger partial charge on any atom is -0.264 e. The quantitative estimate of drug-likeness (QED) is 0.151. The first-order chi connectivity index (χ1) is 64.8. The monoisotopic (exact) mass is 1670 g/mol. The van der Waals surface area contributed by atoms with Crippen LogP contribution in [0, 0.1) is 0 Å². The molecule has 4 unspecified atom stereocenters. The molecule has 4 atom stereocenters. The van der Waals surface area contributed by atoms with Crippen molar-refractivity contribution in [3.8, 4) is 136 Å². The Kier molecular flexibility index (Phi) is 8.49. The van der Waals surface area contributed by atoms with Gasteiger partial charge < -0.3 is 0 Å². The third kappa shape index (κ3) is 5.48. The van der Waals surface area contributed by atoms with Gasteiger partial charge in [-0.3, -0.25) is 9.97 Å². The van der Waals surface area contributed by atoms with Crippen molar-refractivity contribution in [2.75, 3.05) is 0 Å². The summed E-state index contributed by atoms with van der Waals surface area (Å²) in [4.78, 5) is 16.5. The number of nitrogens with two attached hydrogens (primary N) is 1. The van der Waals surface area contributed by atoms with E-state index in [-0.39, 0.29) is 0 Å². The average Bonchev–Trinajstić information content (AvgIpc) is 1.45. The average molecular weight is 1670 g/mol. The highest BCUT2D eigenvalue weighted by Gasteiger charge is 2.78. The number of aromatic nitrogens is 18. The van der Waals surface area contributed by atoms with Gasteiger partial charge in [0, 0.05) is 203 Å². The van der Waals surface area contributed by atoms with Crippen LogP contribution in [-0.2, 0) is 49.3 Å². The number of hydrogen-bond acceptors (Lipinski definition) is 4. The smallest absolute Gasteiger partial charge is 0.264 e. The molecule has 0 amide bonds. The van der Waals surface area contributed by atoms with Crippen LogP contribution in [0.5, 0.6) is 0 Å². The lowest BCUT2D eigenvalue weighted by Crippen LogP contribution is -2.81. The van der Waals surface area contributed by atoms with E-state index < -0.39 is 23.6 Å². The molecule has 33 heterocycles. The maximum atomic E-state index is 9.35. The molecule has 15 aliphatic rings. The Bertz CT molecular complexity index is 10900. The summed E-state index contributed by atoms with van der Waals surface area (Å²) < 4.78 is 41.0. The minimum absolute atomic E-state index is 0.670. The van der Waals surface area contributed by atoms with Gasteiger partial charge in [-0.1, -0.05) is 131 Å². The van der Waals surface area contributed by atoms with E-state index in [9.17, 15) is 5.73 Å². The summed E-state index contributed by atoms with van der Waals surface area (Å²) in [6.07, 6.45) is 11.2. The second kappa shape index (κ2) is 18.2. The predicted molar refractivity (Wildman–Crippen MR) is 495 cm³/mol. The lowest BCUT2D eigenvalue weighted by molar-refractivity contribution is -0.969. The van der Waals surface area contributed by atoms with Crippen molar-refractivity contribution in [3.63, 3.8) is 0 Å². The van der Waals surface area contributed by atoms with Gasteiger partial charge in [-0.25, -0.2) is 47.3 Å². The third-order valence-corrected chi connectivity index (χ3v) is 34.7. The Labute approximate surface area is 735 Å². The first kappa shape index (κ1) is 61.2. The van der Waals surface area contributed by atoms with Crippen molar-refractivity contribution < 1.29 is 32.0 Å². The summed E-state index contributed by atoms with van der Waals surface area (Å²) in [5.74, 6) is -4.39. The highest BCUT2D eigenvalue weighted by molar-refractivity contribution is 6.18. The Morgan fingerprint density at radius 2 is 0.481 bits per heavy atom. The number of rotatable bonds is 0. The molecular weight excluding hydrogens is 1610 g/mol. The number of hydrogen-bond donors (Lipinski definition) is 1. The van der Waals surface area contributed by atoms with Gasteiger partial charge in [-0.15, -0.1) is 4.57 Å². The van der Waals surface area contributed by atoms with Gasteiger partial charge in [0.25, 0.3) is 34.2 Å². The molecular formula is C112H56N19+7. The molecule has 592 valence electrons. The molecule has 0 fully saturated rings. The zero-order valence-corrected chi connectivity index (χ0v) is 69.0. The fourth-order valence-electron chi connectivity index (χ4n) is 31.0. The summed E-state index contributed by atoms with van der Waals surface area (Å²) >= 11 is 0. The van der Waals surface area contributed by atoms with E-state index in [2.05, 4.69) is 336 Å². The Morgan fingerprint density at radius 3 is 0.809 bits per heavy atom. The topological polar surface area (TPSA) is 131 Å². The normalized spacial score (nSPS) is 19.6. The SMILES string of the molecule is NC12n3c4cc5cccc(c53)-c3nc(cc5c6[n+]7c(cc35)-c3cc5c8[n+]9c(cc5c5[n+]3C73n7c(cc%10cccc-6c%107)Cc6cc7cccc-5c7n63)-c3cc5cnccc5c5[n+]3C93n6c(cc7cccc-5c76)Cc5cc6cccc-8c6n53)-c3cc5c6[n+]7c(cc5c([n+]31)-c1cccc3cc(n2c13)C4)-c1cc2cnccc2c2[n+]1C71n3c(cc4cccc-2c43)Cc2cc3cccc-6c3n21. The standard InChI is InChI=1S/C112H56N19/c113-109-117-61-29-51-9-1-17-71(94(51)117)93-79-44-89-92-48-84-83(47-91-88-38-60-50-115-28-26-70(60)103-74-20-4-12-54-32-64-41-66-35-57-15-7-23-77-100(57)122(66)111(127(88)103,120(64)97(54)74)130(91)107(77)84)108-78-24-8-16-58-36-68-42-67-33-55-13-5-21-75-98(55)123(67)112(131(92)108,124(68)101(58)78)128(89)105(75)80(79)43-85(116-93)86-45-81-82(104(125(86)109)72-18-2-10-52-30-62(39-61)118(109)95(52)72)46-90-87-37-59-49-114-27-25-69(59)102-73-19-3-11-53-31-63-40-65-34-56-14-6-22-76-99(56)121(65)110(126(87)102,119(63)96(53)73)129(90)106(76)81/h1-38,43-50H,39-42,113H2/q+7. The molecule has 26 aromatic rings. The van der Waals surface area contributed by atoms with E-state index in [4.69, 9.17) is 15.0 Å². The fraction of sp³-hybridized carbons (Fsp3) is 0.0714. The van der Waals surface area contributed by atoms with Gasteiger partial charge in [-0.2, -0.15) is 0 Å². The summed E-state index contributed by atoms with van der Waals surface area (Å²) in [5, 5.41) is 21.0. The van der Waals surface area contributed by atoms with Crippen molar-refractivity contribution in [2.45, 2.75) is 49.3 Å². The maximum absolute atomic E-state index is 9.35. The number of pyridine rings is 10. The summed E-state index contributed by atoms with van der Waals surface area (Å²) in [7, 11) is 0. The van der Waals surface area contributed by atoms with E-state index >= 15 is 0 Å². The van der Waals surface area contributed by atoms with E-state index in [1.807, 2.05) is 12.4 Å². The van der Waals surface area contributed by atoms with Crippen molar-refractivity contribution in [2.24, 2.45) is 5.73 Å². The molecule has 0 saturated carbocycles. The molecule has 0 saturated heterocycles. The van der Waals surface area contributed by atoms with Crippen LogP contribution in [0.25, 0.3) is 277 Å². The maximum Gasteiger partial charge on any atom is 0.553 e. The Morgan fingerprint density at radius 1 is 0.229 bits per heavy atom. The number of nitrogens with zero attached hydrogens (tertiary/aromatic N) is 18. The first-order valence-electron chi connectivity index (χ1n) is 45.9. The Balaban J connectivity index is 0.683. The molecule has 0 radical (unpaired) electrons. The zero-order chi connectivity index (χ0) is 82.6. The van der Waals surface area contributed by atoms with Crippen molar-refractivity contribution in [1.82, 2.24) is 51.5 Å². The molecule has 2 N–H and O–H groups in total. The summed E-state index contributed by atoms with van der Waals surface area (Å²) in [6.45, 7) is 0. The van der Waals surface area contributed by atoms with Crippen LogP contribution >= 0.6 is 0 Å². The van der Waals surface area contributed by atoms with Crippen LogP contribution in [0.15, 0.2) is 280 Å². The molecule has 2 bridgehead atoms. The molecule has 19 nitrogen and oxygen atoms in total. The number of para-hydroxylation sites is 8. The van der Waals surface area contributed by atoms with E-state index in [1.54, 1.807) is 0 Å². The molecule has 19 heteroatoms.